The zero-order valence-electron chi connectivity index (χ0n) is 15.4. The van der Waals surface area contributed by atoms with Crippen LogP contribution in [0, 0.1) is 20.2 Å². The number of rotatable bonds is 6. The molecular formula is C18H19N5O6. The zero-order chi connectivity index (χ0) is 21.0. The van der Waals surface area contributed by atoms with Gasteiger partial charge in [-0.3, -0.25) is 35.1 Å². The van der Waals surface area contributed by atoms with Crippen molar-refractivity contribution in [1.82, 2.24) is 10.4 Å². The number of carbonyl (C=O) groups is 1. The minimum absolute atomic E-state index is 0.131. The lowest BCUT2D eigenvalue weighted by atomic mass is 10.1. The average Bonchev–Trinajstić information content (AvgIpc) is 2.73. The number of nitro benzene ring substituents is 2. The maximum atomic E-state index is 11.6. The van der Waals surface area contributed by atoms with Crippen LogP contribution in [0.3, 0.4) is 0 Å². The number of nitrogens with zero attached hydrogens (tertiary/aromatic N) is 4. The molecule has 2 N–H and O–H groups in total. The molecule has 0 atom stereocenters. The summed E-state index contributed by atoms with van der Waals surface area (Å²) < 4.78 is 0. The van der Waals surface area contributed by atoms with Crippen LogP contribution in [0.5, 0.6) is 0 Å². The molecule has 1 amide bonds. The number of hydrogen-bond acceptors (Lipinski definition) is 8. The van der Waals surface area contributed by atoms with Crippen LogP contribution in [0.15, 0.2) is 42.5 Å². The maximum absolute atomic E-state index is 11.6. The van der Waals surface area contributed by atoms with Gasteiger partial charge in [0.1, 0.15) is 0 Å². The highest BCUT2D eigenvalue weighted by Crippen LogP contribution is 2.39. The molecule has 11 nitrogen and oxygen atoms in total. The highest BCUT2D eigenvalue weighted by atomic mass is 16.6. The quantitative estimate of drug-likeness (QED) is 0.425. The molecule has 3 rings (SSSR count). The van der Waals surface area contributed by atoms with Crippen molar-refractivity contribution in [1.29, 1.82) is 0 Å². The lowest BCUT2D eigenvalue weighted by Crippen LogP contribution is -2.46. The second kappa shape index (κ2) is 8.63. The van der Waals surface area contributed by atoms with E-state index in [-0.39, 0.29) is 11.3 Å². The van der Waals surface area contributed by atoms with Crippen molar-refractivity contribution in [3.8, 4) is 0 Å². The van der Waals surface area contributed by atoms with Gasteiger partial charge in [0, 0.05) is 44.9 Å². The highest BCUT2D eigenvalue weighted by molar-refractivity contribution is 5.97. The lowest BCUT2D eigenvalue weighted by Gasteiger charge is -2.35. The molecule has 0 aliphatic carbocycles. The van der Waals surface area contributed by atoms with Crippen LogP contribution in [0.4, 0.5) is 17.1 Å². The van der Waals surface area contributed by atoms with Gasteiger partial charge in [-0.15, -0.1) is 0 Å². The van der Waals surface area contributed by atoms with E-state index in [1.165, 1.54) is 5.48 Å². The first-order valence-corrected chi connectivity index (χ1v) is 8.83. The molecule has 1 aliphatic rings. The summed E-state index contributed by atoms with van der Waals surface area (Å²) in [5, 5.41) is 31.9. The van der Waals surface area contributed by atoms with Crippen molar-refractivity contribution in [2.75, 3.05) is 31.1 Å². The Kier molecular flexibility index (Phi) is 6.00. The number of piperazine rings is 1. The summed E-state index contributed by atoms with van der Waals surface area (Å²) in [4.78, 5) is 37.0. The van der Waals surface area contributed by atoms with Crippen molar-refractivity contribution >= 4 is 23.0 Å². The first kappa shape index (κ1) is 20.2. The molecule has 0 aromatic heterocycles. The molecule has 1 heterocycles. The average molecular weight is 401 g/mol. The van der Waals surface area contributed by atoms with E-state index in [2.05, 4.69) is 4.90 Å². The summed E-state index contributed by atoms with van der Waals surface area (Å²) in [6.45, 7) is 2.58. The molecule has 1 fully saturated rings. The number of hydrogen-bond donors (Lipinski definition) is 2. The van der Waals surface area contributed by atoms with Gasteiger partial charge >= 0.3 is 0 Å². The van der Waals surface area contributed by atoms with Gasteiger partial charge in [0.25, 0.3) is 17.3 Å². The molecule has 0 unspecified atom stereocenters. The Morgan fingerprint density at radius 2 is 1.55 bits per heavy atom. The third kappa shape index (κ3) is 4.47. The topological polar surface area (TPSA) is 142 Å². The van der Waals surface area contributed by atoms with E-state index >= 15 is 0 Å². The van der Waals surface area contributed by atoms with Gasteiger partial charge in [0.2, 0.25) is 0 Å². The molecule has 0 radical (unpaired) electrons. The largest absolute Gasteiger partial charge is 0.358 e. The summed E-state index contributed by atoms with van der Waals surface area (Å²) >= 11 is 0. The smallest absolute Gasteiger partial charge is 0.300 e. The molecule has 0 spiro atoms. The third-order valence-electron chi connectivity index (χ3n) is 4.76. The monoisotopic (exact) mass is 401 g/mol. The normalized spacial score (nSPS) is 14.4. The molecule has 0 saturated carbocycles. The Morgan fingerprint density at radius 1 is 1.00 bits per heavy atom. The van der Waals surface area contributed by atoms with Gasteiger partial charge in [0.05, 0.1) is 15.4 Å². The number of benzene rings is 2. The predicted molar refractivity (Wildman–Crippen MR) is 103 cm³/mol. The molecule has 152 valence electrons. The third-order valence-corrected chi connectivity index (χ3v) is 4.76. The van der Waals surface area contributed by atoms with E-state index in [1.807, 2.05) is 30.3 Å². The van der Waals surface area contributed by atoms with Crippen molar-refractivity contribution in [3.63, 3.8) is 0 Å². The zero-order valence-corrected chi connectivity index (χ0v) is 15.4. The second-order valence-corrected chi connectivity index (χ2v) is 6.57. The summed E-state index contributed by atoms with van der Waals surface area (Å²) in [7, 11) is 0. The first-order chi connectivity index (χ1) is 13.9. The van der Waals surface area contributed by atoms with Crippen LogP contribution in [0.25, 0.3) is 0 Å². The molecular weight excluding hydrogens is 382 g/mol. The van der Waals surface area contributed by atoms with Crippen molar-refractivity contribution in [3.05, 3.63) is 73.8 Å². The van der Waals surface area contributed by atoms with Gasteiger partial charge in [-0.2, -0.15) is 0 Å². The van der Waals surface area contributed by atoms with Gasteiger partial charge in [0.15, 0.2) is 5.69 Å². The molecule has 2 aromatic carbocycles. The number of hydroxylamine groups is 1. The minimum atomic E-state index is -1.06. The van der Waals surface area contributed by atoms with Crippen molar-refractivity contribution < 1.29 is 19.8 Å². The fraction of sp³-hybridized carbons (Fsp3) is 0.278. The number of anilines is 1. The van der Waals surface area contributed by atoms with Crippen LogP contribution >= 0.6 is 0 Å². The summed E-state index contributed by atoms with van der Waals surface area (Å²) in [6, 6.07) is 11.7. The van der Waals surface area contributed by atoms with E-state index in [9.17, 15) is 25.0 Å². The Bertz CT molecular complexity index is 893. The Morgan fingerprint density at radius 3 is 2.03 bits per heavy atom. The maximum Gasteiger partial charge on any atom is 0.300 e. The van der Waals surface area contributed by atoms with E-state index in [1.54, 1.807) is 4.90 Å². The second-order valence-electron chi connectivity index (χ2n) is 6.57. The van der Waals surface area contributed by atoms with Crippen LogP contribution < -0.4 is 10.4 Å². The Hall–Kier alpha value is -3.57. The molecule has 0 bridgehead atoms. The summed E-state index contributed by atoms with van der Waals surface area (Å²) in [5.74, 6) is -1.06. The molecule has 11 heteroatoms. The predicted octanol–water partition coefficient (Wildman–Crippen LogP) is 1.94. The molecule has 29 heavy (non-hydrogen) atoms. The number of nitrogens with one attached hydrogen (secondary N) is 1. The van der Waals surface area contributed by atoms with Crippen molar-refractivity contribution in [2.45, 2.75) is 6.54 Å². The highest BCUT2D eigenvalue weighted by Gasteiger charge is 2.33. The van der Waals surface area contributed by atoms with E-state index < -0.39 is 27.1 Å². The van der Waals surface area contributed by atoms with E-state index in [0.29, 0.717) is 32.7 Å². The molecule has 2 aromatic rings. The van der Waals surface area contributed by atoms with Gasteiger partial charge in [-0.25, -0.2) is 5.48 Å². The van der Waals surface area contributed by atoms with Gasteiger partial charge < -0.3 is 4.90 Å². The van der Waals surface area contributed by atoms with Gasteiger partial charge in [-0.05, 0) is 5.56 Å². The molecule has 1 saturated heterocycles. The number of carbonyl (C=O) groups excluding carboxylic acids is 1. The fourth-order valence-corrected chi connectivity index (χ4v) is 3.37. The summed E-state index contributed by atoms with van der Waals surface area (Å²) in [6.07, 6.45) is 0. The first-order valence-electron chi connectivity index (χ1n) is 8.83. The SMILES string of the molecule is O=C(NO)c1cc([N+](=O)[O-])c(N2CCN(Cc3ccccc3)CC2)c([N+](=O)[O-])c1. The van der Waals surface area contributed by atoms with Gasteiger partial charge in [-0.1, -0.05) is 30.3 Å². The minimum Gasteiger partial charge on any atom is -0.358 e. The fourth-order valence-electron chi connectivity index (χ4n) is 3.37. The van der Waals surface area contributed by atoms with Crippen LogP contribution in [0.2, 0.25) is 0 Å². The Balaban J connectivity index is 1.87. The standard InChI is InChI=1S/C18H19N5O6/c24-18(19-25)14-10-15(22(26)27)17(16(11-14)23(28)29)21-8-6-20(7-9-21)12-13-4-2-1-3-5-13/h1-5,10-11,25H,6-9,12H2,(H,19,24). The summed E-state index contributed by atoms with van der Waals surface area (Å²) in [5.41, 5.74) is 0.885. The number of nitro groups is 2. The Labute approximate surface area is 165 Å². The number of amides is 1. The van der Waals surface area contributed by atoms with E-state index in [4.69, 9.17) is 5.21 Å². The van der Waals surface area contributed by atoms with E-state index in [0.717, 1.165) is 17.7 Å². The van der Waals surface area contributed by atoms with Crippen LogP contribution in [0.1, 0.15) is 15.9 Å². The van der Waals surface area contributed by atoms with Crippen molar-refractivity contribution in [2.24, 2.45) is 0 Å². The molecule has 1 aliphatic heterocycles. The van der Waals surface area contributed by atoms with Crippen LogP contribution in [-0.2, 0) is 6.54 Å². The lowest BCUT2D eigenvalue weighted by molar-refractivity contribution is -0.392. The van der Waals surface area contributed by atoms with Crippen LogP contribution in [-0.4, -0.2) is 52.0 Å².